The van der Waals surface area contributed by atoms with Gasteiger partial charge in [0.1, 0.15) is 11.3 Å². The molecule has 0 aliphatic rings. The number of hydrogen-bond donors (Lipinski definition) is 1. The van der Waals surface area contributed by atoms with Crippen LogP contribution in [0, 0.1) is 6.92 Å². The zero-order valence-electron chi connectivity index (χ0n) is 12.5. The van der Waals surface area contributed by atoms with E-state index >= 15 is 0 Å². The Labute approximate surface area is 141 Å². The highest BCUT2D eigenvalue weighted by atomic mass is 35.5. The number of furan rings is 1. The smallest absolute Gasteiger partial charge is 0.387 e. The molecule has 3 aromatic rings. The standard InChI is InChI=1S/C17H12ClF2NO3/c1-9-11-4-2-3-5-13(11)23-15(9)16(22)21-10-6-7-14(12(18)8-10)24-17(19)20/h2-8,17H,1H3,(H,21,22). The summed E-state index contributed by atoms with van der Waals surface area (Å²) in [6, 6.07) is 11.3. The summed E-state index contributed by atoms with van der Waals surface area (Å²) >= 11 is 5.87. The molecule has 4 nitrogen and oxygen atoms in total. The number of hydrogen-bond acceptors (Lipinski definition) is 3. The van der Waals surface area contributed by atoms with Crippen molar-refractivity contribution in [3.8, 4) is 5.75 Å². The summed E-state index contributed by atoms with van der Waals surface area (Å²) in [5.74, 6) is -0.438. The molecule has 1 amide bonds. The third-order valence-electron chi connectivity index (χ3n) is 3.46. The number of aryl methyl sites for hydroxylation is 1. The number of para-hydroxylation sites is 1. The van der Waals surface area contributed by atoms with Crippen LogP contribution in [0.25, 0.3) is 11.0 Å². The van der Waals surface area contributed by atoms with E-state index in [9.17, 15) is 13.6 Å². The molecule has 7 heteroatoms. The number of nitrogens with one attached hydrogen (secondary N) is 1. The highest BCUT2D eigenvalue weighted by Crippen LogP contribution is 2.30. The minimum absolute atomic E-state index is 0.0329. The number of benzene rings is 2. The summed E-state index contributed by atoms with van der Waals surface area (Å²) in [6.45, 7) is -1.19. The lowest BCUT2D eigenvalue weighted by Gasteiger charge is -2.09. The van der Waals surface area contributed by atoms with Crippen molar-refractivity contribution < 1.29 is 22.7 Å². The zero-order chi connectivity index (χ0) is 17.3. The molecular weight excluding hydrogens is 340 g/mol. The number of halogens is 3. The lowest BCUT2D eigenvalue weighted by atomic mass is 10.1. The fourth-order valence-electron chi connectivity index (χ4n) is 2.35. The molecule has 2 aromatic carbocycles. The van der Waals surface area contributed by atoms with Crippen molar-refractivity contribution in [2.45, 2.75) is 13.5 Å². The Kier molecular flexibility index (Phi) is 4.40. The molecule has 3 rings (SSSR count). The van der Waals surface area contributed by atoms with Crippen molar-refractivity contribution in [3.63, 3.8) is 0 Å². The number of alkyl halides is 2. The van der Waals surface area contributed by atoms with E-state index in [1.54, 1.807) is 13.0 Å². The van der Waals surface area contributed by atoms with Crippen LogP contribution in [-0.2, 0) is 0 Å². The molecule has 0 atom stereocenters. The number of rotatable bonds is 4. The van der Waals surface area contributed by atoms with E-state index in [0.29, 0.717) is 16.8 Å². The first-order valence-electron chi connectivity index (χ1n) is 6.99. The topological polar surface area (TPSA) is 51.5 Å². The third kappa shape index (κ3) is 3.19. The molecule has 0 spiro atoms. The van der Waals surface area contributed by atoms with E-state index < -0.39 is 12.5 Å². The largest absolute Gasteiger partial charge is 0.451 e. The third-order valence-corrected chi connectivity index (χ3v) is 3.75. The minimum Gasteiger partial charge on any atom is -0.451 e. The first kappa shape index (κ1) is 16.3. The summed E-state index contributed by atoms with van der Waals surface area (Å²) in [4.78, 5) is 12.4. The van der Waals surface area contributed by atoms with Crippen molar-refractivity contribution in [1.29, 1.82) is 0 Å². The zero-order valence-corrected chi connectivity index (χ0v) is 13.2. The maximum absolute atomic E-state index is 12.4. The van der Waals surface area contributed by atoms with Gasteiger partial charge in [0.2, 0.25) is 0 Å². The number of carbonyl (C=O) groups excluding carboxylic acids is 1. The molecule has 1 N–H and O–H groups in total. The van der Waals surface area contributed by atoms with Crippen LogP contribution in [0.4, 0.5) is 14.5 Å². The van der Waals surface area contributed by atoms with Gasteiger partial charge in [-0.25, -0.2) is 0 Å². The van der Waals surface area contributed by atoms with E-state index in [2.05, 4.69) is 10.1 Å². The van der Waals surface area contributed by atoms with Gasteiger partial charge in [0, 0.05) is 16.6 Å². The van der Waals surface area contributed by atoms with Crippen molar-refractivity contribution in [2.75, 3.05) is 5.32 Å². The molecule has 24 heavy (non-hydrogen) atoms. The Hall–Kier alpha value is -2.60. The van der Waals surface area contributed by atoms with Crippen LogP contribution in [0.3, 0.4) is 0 Å². The maximum Gasteiger partial charge on any atom is 0.387 e. The van der Waals surface area contributed by atoms with Gasteiger partial charge in [-0.2, -0.15) is 8.78 Å². The minimum atomic E-state index is -2.97. The number of carbonyl (C=O) groups is 1. The van der Waals surface area contributed by atoms with Crippen molar-refractivity contribution in [1.82, 2.24) is 0 Å². The molecule has 1 heterocycles. The van der Waals surface area contributed by atoms with Gasteiger partial charge in [-0.15, -0.1) is 0 Å². The van der Waals surface area contributed by atoms with Crippen LogP contribution in [0.15, 0.2) is 46.9 Å². The maximum atomic E-state index is 12.4. The average Bonchev–Trinajstić information content (AvgIpc) is 2.87. The second kappa shape index (κ2) is 6.49. The van der Waals surface area contributed by atoms with Gasteiger partial charge in [0.25, 0.3) is 5.91 Å². The van der Waals surface area contributed by atoms with Crippen LogP contribution >= 0.6 is 11.6 Å². The summed E-state index contributed by atoms with van der Waals surface area (Å²) in [6.07, 6.45) is 0. The van der Waals surface area contributed by atoms with Crippen LogP contribution < -0.4 is 10.1 Å². The van der Waals surface area contributed by atoms with Gasteiger partial charge in [0.05, 0.1) is 5.02 Å². The molecule has 0 aliphatic heterocycles. The van der Waals surface area contributed by atoms with Gasteiger partial charge < -0.3 is 14.5 Å². The Bertz CT molecular complexity index is 908. The number of ether oxygens (including phenoxy) is 1. The molecule has 0 saturated heterocycles. The van der Waals surface area contributed by atoms with Crippen molar-refractivity contribution in [2.24, 2.45) is 0 Å². The number of amides is 1. The summed E-state index contributed by atoms with van der Waals surface area (Å²) in [7, 11) is 0. The van der Waals surface area contributed by atoms with E-state index in [0.717, 1.165) is 5.39 Å². The highest BCUT2D eigenvalue weighted by molar-refractivity contribution is 6.32. The van der Waals surface area contributed by atoms with E-state index in [1.165, 1.54) is 18.2 Å². The van der Waals surface area contributed by atoms with Crippen LogP contribution in [0.1, 0.15) is 16.1 Å². The monoisotopic (exact) mass is 351 g/mol. The van der Waals surface area contributed by atoms with Crippen LogP contribution in [-0.4, -0.2) is 12.5 Å². The SMILES string of the molecule is Cc1c(C(=O)Nc2ccc(OC(F)F)c(Cl)c2)oc2ccccc12. The molecule has 0 aliphatic carbocycles. The Morgan fingerprint density at radius 2 is 2.00 bits per heavy atom. The second-order valence-corrected chi connectivity index (χ2v) is 5.44. The van der Waals surface area contributed by atoms with Gasteiger partial charge in [0.15, 0.2) is 5.76 Å². The molecule has 0 radical (unpaired) electrons. The number of fused-ring (bicyclic) bond motifs is 1. The van der Waals surface area contributed by atoms with Crippen molar-refractivity contribution in [3.05, 3.63) is 58.8 Å². The number of anilines is 1. The molecule has 0 bridgehead atoms. The van der Waals surface area contributed by atoms with Gasteiger partial charge >= 0.3 is 6.61 Å². The van der Waals surface area contributed by atoms with Crippen LogP contribution in [0.5, 0.6) is 5.75 Å². The average molecular weight is 352 g/mol. The quantitative estimate of drug-likeness (QED) is 0.698. The first-order chi connectivity index (χ1) is 11.5. The molecule has 0 saturated carbocycles. The Morgan fingerprint density at radius 1 is 1.25 bits per heavy atom. The van der Waals surface area contributed by atoms with E-state index in [4.69, 9.17) is 16.0 Å². The predicted octanol–water partition coefficient (Wildman–Crippen LogP) is 5.25. The van der Waals surface area contributed by atoms with E-state index in [-0.39, 0.29) is 16.5 Å². The lowest BCUT2D eigenvalue weighted by Crippen LogP contribution is -2.12. The van der Waals surface area contributed by atoms with Gasteiger partial charge in [-0.1, -0.05) is 29.8 Å². The van der Waals surface area contributed by atoms with Crippen molar-refractivity contribution >= 4 is 34.2 Å². The Morgan fingerprint density at radius 3 is 2.67 bits per heavy atom. The Balaban J connectivity index is 1.83. The summed E-state index contributed by atoms with van der Waals surface area (Å²) < 4.78 is 34.3. The van der Waals surface area contributed by atoms with E-state index in [1.807, 2.05) is 18.2 Å². The first-order valence-corrected chi connectivity index (χ1v) is 7.37. The summed E-state index contributed by atoms with van der Waals surface area (Å²) in [5, 5.41) is 3.44. The predicted molar refractivity (Wildman–Crippen MR) is 87.0 cm³/mol. The molecule has 0 unspecified atom stereocenters. The normalized spacial score (nSPS) is 11.0. The highest BCUT2D eigenvalue weighted by Gasteiger charge is 2.18. The van der Waals surface area contributed by atoms with Gasteiger partial charge in [-0.3, -0.25) is 4.79 Å². The molecule has 124 valence electrons. The molecule has 0 fully saturated rings. The summed E-state index contributed by atoms with van der Waals surface area (Å²) in [5.41, 5.74) is 1.66. The lowest BCUT2D eigenvalue weighted by molar-refractivity contribution is -0.0497. The second-order valence-electron chi connectivity index (χ2n) is 5.03. The van der Waals surface area contributed by atoms with Crippen LogP contribution in [0.2, 0.25) is 5.02 Å². The molecular formula is C17H12ClF2NO3. The molecule has 1 aromatic heterocycles. The fraction of sp³-hybridized carbons (Fsp3) is 0.118. The van der Waals surface area contributed by atoms with Gasteiger partial charge in [-0.05, 0) is 31.2 Å². The fourth-order valence-corrected chi connectivity index (χ4v) is 2.57.